The van der Waals surface area contributed by atoms with Crippen molar-refractivity contribution in [2.45, 2.75) is 13.2 Å². The molecule has 94 valence electrons. The molecule has 5 heteroatoms. The summed E-state index contributed by atoms with van der Waals surface area (Å²) in [6.07, 6.45) is 3.37. The lowest BCUT2D eigenvalue weighted by Crippen LogP contribution is -2.05. The zero-order valence-electron chi connectivity index (χ0n) is 10.2. The summed E-state index contributed by atoms with van der Waals surface area (Å²) in [5.41, 5.74) is 6.57. The Bertz CT molecular complexity index is 503. The Labute approximate surface area is 106 Å². The van der Waals surface area contributed by atoms with Gasteiger partial charge in [0, 0.05) is 24.5 Å². The number of rotatable bonds is 5. The van der Waals surface area contributed by atoms with Crippen LogP contribution in [0.15, 0.2) is 36.7 Å². The van der Waals surface area contributed by atoms with Crippen LogP contribution in [-0.2, 0) is 13.2 Å². The smallest absolute Gasteiger partial charge is 0.166 e. The van der Waals surface area contributed by atoms with Crippen molar-refractivity contribution in [2.75, 3.05) is 7.11 Å². The van der Waals surface area contributed by atoms with Crippen molar-refractivity contribution in [3.8, 4) is 11.5 Å². The highest BCUT2D eigenvalue weighted by Crippen LogP contribution is 2.24. The summed E-state index contributed by atoms with van der Waals surface area (Å²) in [6, 6.07) is 7.30. The number of aromatic nitrogens is 2. The molecule has 0 atom stereocenters. The average Bonchev–Trinajstić information content (AvgIpc) is 2.46. The van der Waals surface area contributed by atoms with Gasteiger partial charge < -0.3 is 15.2 Å². The predicted molar refractivity (Wildman–Crippen MR) is 67.2 cm³/mol. The number of nitrogens with two attached hydrogens (primary N) is 1. The Morgan fingerprint density at radius 2 is 2.00 bits per heavy atom. The van der Waals surface area contributed by atoms with Gasteiger partial charge in [-0.1, -0.05) is 0 Å². The van der Waals surface area contributed by atoms with E-state index in [4.69, 9.17) is 15.2 Å². The number of methoxy groups -OCH3 is 1. The molecule has 0 fully saturated rings. The van der Waals surface area contributed by atoms with Crippen LogP contribution < -0.4 is 15.2 Å². The molecule has 2 N–H and O–H groups in total. The molecule has 0 saturated carbocycles. The zero-order chi connectivity index (χ0) is 12.8. The van der Waals surface area contributed by atoms with Gasteiger partial charge in [0.15, 0.2) is 5.82 Å². The van der Waals surface area contributed by atoms with Gasteiger partial charge in [-0.15, -0.1) is 0 Å². The summed E-state index contributed by atoms with van der Waals surface area (Å²) in [4.78, 5) is 8.18. The molecule has 0 aliphatic rings. The topological polar surface area (TPSA) is 70.3 Å². The number of hydrogen-bond acceptors (Lipinski definition) is 5. The summed E-state index contributed by atoms with van der Waals surface area (Å²) in [5, 5.41) is 0. The summed E-state index contributed by atoms with van der Waals surface area (Å²) < 4.78 is 10.8. The van der Waals surface area contributed by atoms with Crippen LogP contribution in [0.2, 0.25) is 0 Å². The van der Waals surface area contributed by atoms with E-state index in [1.807, 2.05) is 18.2 Å². The van der Waals surface area contributed by atoms with Crippen molar-refractivity contribution in [3.63, 3.8) is 0 Å². The second kappa shape index (κ2) is 5.97. The highest BCUT2D eigenvalue weighted by atomic mass is 16.5. The molecule has 0 unspecified atom stereocenters. The third-order valence-electron chi connectivity index (χ3n) is 2.46. The fraction of sp³-hybridized carbons (Fsp3) is 0.231. The largest absolute Gasteiger partial charge is 0.497 e. The van der Waals surface area contributed by atoms with E-state index in [0.29, 0.717) is 19.0 Å². The van der Waals surface area contributed by atoms with E-state index in [1.54, 1.807) is 25.6 Å². The van der Waals surface area contributed by atoms with Gasteiger partial charge in [0.1, 0.15) is 18.1 Å². The maximum absolute atomic E-state index is 5.68. The van der Waals surface area contributed by atoms with Crippen LogP contribution in [0.25, 0.3) is 0 Å². The van der Waals surface area contributed by atoms with Gasteiger partial charge in [0.05, 0.1) is 7.11 Å². The first-order chi connectivity index (χ1) is 8.83. The minimum Gasteiger partial charge on any atom is -0.497 e. The van der Waals surface area contributed by atoms with Crippen LogP contribution in [0, 0.1) is 0 Å². The van der Waals surface area contributed by atoms with Gasteiger partial charge in [-0.2, -0.15) is 0 Å². The lowest BCUT2D eigenvalue weighted by molar-refractivity contribution is 0.292. The second-order valence-electron chi connectivity index (χ2n) is 3.63. The molecule has 0 radical (unpaired) electrons. The van der Waals surface area contributed by atoms with Gasteiger partial charge in [-0.3, -0.25) is 0 Å². The zero-order valence-corrected chi connectivity index (χ0v) is 10.2. The average molecular weight is 245 g/mol. The first-order valence-electron chi connectivity index (χ1n) is 5.59. The van der Waals surface area contributed by atoms with Crippen molar-refractivity contribution in [1.82, 2.24) is 9.97 Å². The van der Waals surface area contributed by atoms with Gasteiger partial charge in [0.25, 0.3) is 0 Å². The molecular weight excluding hydrogens is 230 g/mol. The molecular formula is C13H15N3O2. The van der Waals surface area contributed by atoms with Crippen molar-refractivity contribution in [3.05, 3.63) is 48.0 Å². The standard InChI is InChI=1S/C13H15N3O2/c1-17-11-3-4-12(10(7-11)8-14)18-9-13-15-5-2-6-16-13/h2-7H,8-9,14H2,1H3. The quantitative estimate of drug-likeness (QED) is 0.864. The Balaban J connectivity index is 2.09. The Morgan fingerprint density at radius 3 is 2.67 bits per heavy atom. The predicted octanol–water partition coefficient (Wildman–Crippen LogP) is 1.52. The van der Waals surface area contributed by atoms with Crippen LogP contribution in [-0.4, -0.2) is 17.1 Å². The highest BCUT2D eigenvalue weighted by molar-refractivity contribution is 5.40. The molecule has 5 nitrogen and oxygen atoms in total. The van der Waals surface area contributed by atoms with Crippen LogP contribution in [0.3, 0.4) is 0 Å². The summed E-state index contributed by atoms with van der Waals surface area (Å²) >= 11 is 0. The van der Waals surface area contributed by atoms with Crippen LogP contribution in [0.5, 0.6) is 11.5 Å². The summed E-state index contributed by atoms with van der Waals surface area (Å²) in [5.74, 6) is 2.13. The molecule has 0 bridgehead atoms. The van der Waals surface area contributed by atoms with Gasteiger partial charge in [-0.05, 0) is 24.3 Å². The van der Waals surface area contributed by atoms with Crippen molar-refractivity contribution < 1.29 is 9.47 Å². The van der Waals surface area contributed by atoms with Gasteiger partial charge >= 0.3 is 0 Å². The molecule has 1 heterocycles. The lowest BCUT2D eigenvalue weighted by atomic mass is 10.2. The first-order valence-corrected chi connectivity index (χ1v) is 5.59. The molecule has 0 aliphatic carbocycles. The number of ether oxygens (including phenoxy) is 2. The van der Waals surface area contributed by atoms with Crippen LogP contribution in [0.1, 0.15) is 11.4 Å². The SMILES string of the molecule is COc1ccc(OCc2ncccn2)c(CN)c1. The summed E-state index contributed by atoms with van der Waals surface area (Å²) in [6.45, 7) is 0.711. The second-order valence-corrected chi connectivity index (χ2v) is 3.63. The molecule has 2 rings (SSSR count). The minimum atomic E-state index is 0.320. The van der Waals surface area contributed by atoms with E-state index in [1.165, 1.54) is 0 Å². The van der Waals surface area contributed by atoms with Crippen molar-refractivity contribution >= 4 is 0 Å². The number of benzene rings is 1. The normalized spacial score (nSPS) is 10.1. The van der Waals surface area contributed by atoms with Gasteiger partial charge in [0.2, 0.25) is 0 Å². The number of hydrogen-bond donors (Lipinski definition) is 1. The fourth-order valence-corrected chi connectivity index (χ4v) is 1.53. The monoisotopic (exact) mass is 245 g/mol. The van der Waals surface area contributed by atoms with Crippen molar-refractivity contribution in [2.24, 2.45) is 5.73 Å². The molecule has 0 amide bonds. The minimum absolute atomic E-state index is 0.320. The van der Waals surface area contributed by atoms with E-state index in [2.05, 4.69) is 9.97 Å². The maximum Gasteiger partial charge on any atom is 0.166 e. The van der Waals surface area contributed by atoms with Crippen molar-refractivity contribution in [1.29, 1.82) is 0 Å². The van der Waals surface area contributed by atoms with E-state index < -0.39 is 0 Å². The summed E-state index contributed by atoms with van der Waals surface area (Å²) in [7, 11) is 1.62. The third kappa shape index (κ3) is 2.95. The molecule has 1 aromatic heterocycles. The van der Waals surface area contributed by atoms with E-state index in [0.717, 1.165) is 17.1 Å². The Morgan fingerprint density at radius 1 is 1.22 bits per heavy atom. The molecule has 0 aliphatic heterocycles. The van der Waals surface area contributed by atoms with E-state index in [-0.39, 0.29) is 0 Å². The number of nitrogens with zero attached hydrogens (tertiary/aromatic N) is 2. The Kier molecular flexibility index (Phi) is 4.09. The maximum atomic E-state index is 5.68. The van der Waals surface area contributed by atoms with Gasteiger partial charge in [-0.25, -0.2) is 9.97 Å². The molecule has 18 heavy (non-hydrogen) atoms. The third-order valence-corrected chi connectivity index (χ3v) is 2.46. The molecule has 1 aromatic carbocycles. The lowest BCUT2D eigenvalue weighted by Gasteiger charge is -2.11. The van der Waals surface area contributed by atoms with Crippen LogP contribution >= 0.6 is 0 Å². The molecule has 2 aromatic rings. The van der Waals surface area contributed by atoms with E-state index in [9.17, 15) is 0 Å². The fourth-order valence-electron chi connectivity index (χ4n) is 1.53. The van der Waals surface area contributed by atoms with Crippen LogP contribution in [0.4, 0.5) is 0 Å². The first kappa shape index (κ1) is 12.3. The van der Waals surface area contributed by atoms with E-state index >= 15 is 0 Å². The molecule has 0 saturated heterocycles. The molecule has 0 spiro atoms. The Hall–Kier alpha value is -2.14. The highest BCUT2D eigenvalue weighted by Gasteiger charge is 2.05.